The van der Waals surface area contributed by atoms with Gasteiger partial charge in [-0.25, -0.2) is 9.97 Å². The highest BCUT2D eigenvalue weighted by molar-refractivity contribution is 14.1. The first-order valence-electron chi connectivity index (χ1n) is 7.64. The number of rotatable bonds is 7. The van der Waals surface area contributed by atoms with Gasteiger partial charge in [0, 0.05) is 19.1 Å². The molecule has 0 atom stereocenters. The summed E-state index contributed by atoms with van der Waals surface area (Å²) in [6.07, 6.45) is 6.19. The van der Waals surface area contributed by atoms with E-state index >= 15 is 0 Å². The Labute approximate surface area is 135 Å². The van der Waals surface area contributed by atoms with Crippen molar-refractivity contribution in [2.45, 2.75) is 58.5 Å². The summed E-state index contributed by atoms with van der Waals surface area (Å²) in [6, 6.07) is 0. The molecular formula is C15H24IN3O. The van der Waals surface area contributed by atoms with Crippen molar-refractivity contribution < 1.29 is 4.74 Å². The van der Waals surface area contributed by atoms with Crippen molar-refractivity contribution >= 4 is 28.4 Å². The smallest absolute Gasteiger partial charge is 0.156 e. The molecule has 0 bridgehead atoms. The number of hydrogen-bond acceptors (Lipinski definition) is 4. The molecule has 1 heterocycles. The van der Waals surface area contributed by atoms with Crippen LogP contribution in [-0.4, -0.2) is 23.1 Å². The Morgan fingerprint density at radius 2 is 2.00 bits per heavy atom. The highest BCUT2D eigenvalue weighted by Gasteiger charge is 2.23. The van der Waals surface area contributed by atoms with Crippen molar-refractivity contribution in [3.8, 4) is 0 Å². The molecule has 0 aliphatic heterocycles. The average molecular weight is 389 g/mol. The molecule has 4 nitrogen and oxygen atoms in total. The second-order valence-electron chi connectivity index (χ2n) is 5.25. The minimum atomic E-state index is 0.517. The van der Waals surface area contributed by atoms with Crippen LogP contribution in [0.5, 0.6) is 0 Å². The van der Waals surface area contributed by atoms with E-state index in [1.807, 2.05) is 0 Å². The molecule has 1 saturated carbocycles. The zero-order chi connectivity index (χ0) is 14.4. The monoisotopic (exact) mass is 389 g/mol. The van der Waals surface area contributed by atoms with Gasteiger partial charge in [-0.2, -0.15) is 0 Å². The van der Waals surface area contributed by atoms with Crippen molar-refractivity contribution in [2.24, 2.45) is 0 Å². The van der Waals surface area contributed by atoms with Crippen LogP contribution in [0.3, 0.4) is 0 Å². The van der Waals surface area contributed by atoms with Gasteiger partial charge < -0.3 is 10.1 Å². The average Bonchev–Trinajstić information content (AvgIpc) is 2.96. The van der Waals surface area contributed by atoms with Crippen LogP contribution < -0.4 is 5.32 Å². The van der Waals surface area contributed by atoms with Crippen LogP contribution in [-0.2, 0) is 11.3 Å². The fourth-order valence-electron chi connectivity index (χ4n) is 2.64. The Morgan fingerprint density at radius 1 is 1.25 bits per heavy atom. The molecule has 1 aromatic rings. The van der Waals surface area contributed by atoms with Gasteiger partial charge in [0.05, 0.1) is 9.26 Å². The van der Waals surface area contributed by atoms with Gasteiger partial charge in [0.15, 0.2) is 5.82 Å². The first-order chi connectivity index (χ1) is 9.76. The predicted molar refractivity (Wildman–Crippen MR) is 90.1 cm³/mol. The maximum Gasteiger partial charge on any atom is 0.156 e. The van der Waals surface area contributed by atoms with Crippen LogP contribution in [0.15, 0.2) is 0 Å². The molecule has 20 heavy (non-hydrogen) atoms. The summed E-state index contributed by atoms with van der Waals surface area (Å²) in [5.74, 6) is 2.39. The van der Waals surface area contributed by atoms with Gasteiger partial charge >= 0.3 is 0 Å². The quantitative estimate of drug-likeness (QED) is 0.564. The third-order valence-electron chi connectivity index (χ3n) is 3.59. The summed E-state index contributed by atoms with van der Waals surface area (Å²) in [5, 5.41) is 3.36. The molecule has 1 aromatic heterocycles. The predicted octanol–water partition coefficient (Wildman–Crippen LogP) is 4.10. The Kier molecular flexibility index (Phi) is 6.48. The van der Waals surface area contributed by atoms with E-state index in [0.29, 0.717) is 12.5 Å². The Hall–Kier alpha value is -0.430. The van der Waals surface area contributed by atoms with E-state index in [1.165, 1.54) is 34.9 Å². The van der Waals surface area contributed by atoms with Crippen LogP contribution in [0, 0.1) is 3.57 Å². The lowest BCUT2D eigenvalue weighted by Gasteiger charge is -2.16. The zero-order valence-corrected chi connectivity index (χ0v) is 14.6. The van der Waals surface area contributed by atoms with E-state index in [-0.39, 0.29) is 0 Å². The lowest BCUT2D eigenvalue weighted by Crippen LogP contribution is -2.12. The van der Waals surface area contributed by atoms with E-state index in [0.717, 1.165) is 31.2 Å². The summed E-state index contributed by atoms with van der Waals surface area (Å²) in [7, 11) is 0. The SMILES string of the molecule is CCCOCc1nc(NCC)c(I)c(C2CCCC2)n1. The second-order valence-corrected chi connectivity index (χ2v) is 6.33. The third-order valence-corrected chi connectivity index (χ3v) is 4.65. The molecule has 0 radical (unpaired) electrons. The number of nitrogens with zero attached hydrogens (tertiary/aromatic N) is 2. The lowest BCUT2D eigenvalue weighted by molar-refractivity contribution is 0.116. The van der Waals surface area contributed by atoms with E-state index in [9.17, 15) is 0 Å². The molecule has 2 rings (SSSR count). The van der Waals surface area contributed by atoms with E-state index in [1.54, 1.807) is 0 Å². The minimum Gasteiger partial charge on any atom is -0.373 e. The minimum absolute atomic E-state index is 0.517. The molecule has 0 amide bonds. The number of hydrogen-bond donors (Lipinski definition) is 1. The van der Waals surface area contributed by atoms with Crippen LogP contribution >= 0.6 is 22.6 Å². The zero-order valence-electron chi connectivity index (χ0n) is 12.4. The van der Waals surface area contributed by atoms with E-state index in [4.69, 9.17) is 9.72 Å². The summed E-state index contributed by atoms with van der Waals surface area (Å²) in [5.41, 5.74) is 1.23. The molecule has 0 spiro atoms. The molecular weight excluding hydrogens is 365 g/mol. The molecule has 0 unspecified atom stereocenters. The lowest BCUT2D eigenvalue weighted by atomic mass is 10.0. The first kappa shape index (κ1) is 15.9. The standard InChI is InChI=1S/C15H24IN3O/c1-3-9-20-10-12-18-14(11-7-5-6-8-11)13(16)15(19-12)17-4-2/h11H,3-10H2,1-2H3,(H,17,18,19). The van der Waals surface area contributed by atoms with Crippen molar-refractivity contribution in [1.82, 2.24) is 9.97 Å². The van der Waals surface area contributed by atoms with Crippen molar-refractivity contribution in [2.75, 3.05) is 18.5 Å². The Bertz CT molecular complexity index is 433. The summed E-state index contributed by atoms with van der Waals surface area (Å²) in [4.78, 5) is 9.40. The van der Waals surface area contributed by atoms with Crippen LogP contribution in [0.4, 0.5) is 5.82 Å². The number of halogens is 1. The highest BCUT2D eigenvalue weighted by Crippen LogP contribution is 2.36. The number of anilines is 1. The van der Waals surface area contributed by atoms with Gasteiger partial charge in [-0.1, -0.05) is 19.8 Å². The summed E-state index contributed by atoms with van der Waals surface area (Å²) in [6.45, 7) is 6.38. The molecule has 1 aliphatic rings. The van der Waals surface area contributed by atoms with Gasteiger partial charge in [-0.15, -0.1) is 0 Å². The number of aromatic nitrogens is 2. The van der Waals surface area contributed by atoms with Crippen molar-refractivity contribution in [3.05, 3.63) is 15.1 Å². The van der Waals surface area contributed by atoms with Gasteiger partial charge in [0.25, 0.3) is 0 Å². The van der Waals surface area contributed by atoms with Crippen LogP contribution in [0.1, 0.15) is 63.4 Å². The van der Waals surface area contributed by atoms with Gasteiger partial charge in [-0.3, -0.25) is 0 Å². The Balaban J connectivity index is 2.23. The fraction of sp³-hybridized carbons (Fsp3) is 0.733. The van der Waals surface area contributed by atoms with Gasteiger partial charge in [-0.05, 0) is 48.8 Å². The van der Waals surface area contributed by atoms with Gasteiger partial charge in [0.1, 0.15) is 12.4 Å². The largest absolute Gasteiger partial charge is 0.373 e. The molecule has 0 saturated heterocycles. The maximum absolute atomic E-state index is 5.60. The fourth-order valence-corrected chi connectivity index (χ4v) is 3.51. The molecule has 5 heteroatoms. The molecule has 1 fully saturated rings. The third kappa shape index (κ3) is 4.04. The van der Waals surface area contributed by atoms with Crippen LogP contribution in [0.25, 0.3) is 0 Å². The van der Waals surface area contributed by atoms with Crippen molar-refractivity contribution in [1.29, 1.82) is 0 Å². The van der Waals surface area contributed by atoms with Crippen molar-refractivity contribution in [3.63, 3.8) is 0 Å². The molecule has 1 N–H and O–H groups in total. The second kappa shape index (κ2) is 8.12. The number of nitrogens with one attached hydrogen (secondary N) is 1. The van der Waals surface area contributed by atoms with Crippen LogP contribution in [0.2, 0.25) is 0 Å². The number of ether oxygens (including phenoxy) is 1. The molecule has 1 aliphatic carbocycles. The molecule has 0 aromatic carbocycles. The summed E-state index contributed by atoms with van der Waals surface area (Å²) < 4.78 is 6.79. The van der Waals surface area contributed by atoms with E-state index in [2.05, 4.69) is 46.7 Å². The Morgan fingerprint density at radius 3 is 2.65 bits per heavy atom. The summed E-state index contributed by atoms with van der Waals surface area (Å²) >= 11 is 2.39. The van der Waals surface area contributed by atoms with Gasteiger partial charge in [0.2, 0.25) is 0 Å². The maximum atomic E-state index is 5.60. The topological polar surface area (TPSA) is 47.0 Å². The van der Waals surface area contributed by atoms with E-state index < -0.39 is 0 Å². The normalized spacial score (nSPS) is 15.8. The first-order valence-corrected chi connectivity index (χ1v) is 8.72. The highest BCUT2D eigenvalue weighted by atomic mass is 127. The molecule has 112 valence electrons.